The predicted molar refractivity (Wildman–Crippen MR) is 128 cm³/mol. The first-order chi connectivity index (χ1) is 15.8. The fourth-order valence-corrected chi connectivity index (χ4v) is 4.59. The zero-order valence-electron chi connectivity index (χ0n) is 18.9. The number of sulfonamides is 1. The number of carbonyl (C=O) groups is 1. The van der Waals surface area contributed by atoms with Crippen LogP contribution in [0.4, 0.5) is 5.69 Å². The minimum Gasteiger partial charge on any atom is -0.497 e. The number of rotatable bonds is 10. The van der Waals surface area contributed by atoms with E-state index in [1.807, 2.05) is 38.1 Å². The van der Waals surface area contributed by atoms with Crippen molar-refractivity contribution in [3.8, 4) is 11.5 Å². The van der Waals surface area contributed by atoms with Crippen LogP contribution in [0, 0.1) is 13.8 Å². The second-order valence-electron chi connectivity index (χ2n) is 7.49. The molecular weight excluding hydrogens is 440 g/mol. The Morgan fingerprint density at radius 1 is 0.970 bits per heavy atom. The van der Waals surface area contributed by atoms with Gasteiger partial charge in [0.1, 0.15) is 24.7 Å². The maximum atomic E-state index is 13.4. The van der Waals surface area contributed by atoms with Crippen LogP contribution in [-0.2, 0) is 14.8 Å². The third kappa shape index (κ3) is 6.26. The van der Waals surface area contributed by atoms with Crippen LogP contribution in [0.15, 0.2) is 77.7 Å². The molecule has 0 atom stereocenters. The van der Waals surface area contributed by atoms with Crippen molar-refractivity contribution in [1.82, 2.24) is 5.32 Å². The number of ether oxygens (including phenoxy) is 2. The van der Waals surface area contributed by atoms with Gasteiger partial charge >= 0.3 is 0 Å². The summed E-state index contributed by atoms with van der Waals surface area (Å²) in [5, 5.41) is 2.73. The first kappa shape index (κ1) is 24.1. The summed E-state index contributed by atoms with van der Waals surface area (Å²) in [6, 6.07) is 20.7. The van der Waals surface area contributed by atoms with Gasteiger partial charge in [0.2, 0.25) is 5.91 Å². The Kier molecular flexibility index (Phi) is 7.95. The summed E-state index contributed by atoms with van der Waals surface area (Å²) in [7, 11) is -2.49. The molecule has 0 aliphatic rings. The highest BCUT2D eigenvalue weighted by Gasteiger charge is 2.27. The van der Waals surface area contributed by atoms with Crippen molar-refractivity contribution in [2.45, 2.75) is 18.7 Å². The van der Waals surface area contributed by atoms with E-state index in [1.165, 1.54) is 19.2 Å². The van der Waals surface area contributed by atoms with Gasteiger partial charge in [-0.05, 0) is 49.7 Å². The fourth-order valence-electron chi connectivity index (χ4n) is 3.17. The van der Waals surface area contributed by atoms with Gasteiger partial charge in [0.25, 0.3) is 10.0 Å². The van der Waals surface area contributed by atoms with Crippen LogP contribution in [0.1, 0.15) is 11.1 Å². The highest BCUT2D eigenvalue weighted by atomic mass is 32.2. The highest BCUT2D eigenvalue weighted by molar-refractivity contribution is 7.92. The lowest BCUT2D eigenvalue weighted by Crippen LogP contribution is -2.42. The maximum absolute atomic E-state index is 13.4. The molecule has 3 aromatic rings. The second kappa shape index (κ2) is 10.9. The Hall–Kier alpha value is -3.52. The van der Waals surface area contributed by atoms with Crippen LogP contribution in [0.2, 0.25) is 0 Å². The van der Waals surface area contributed by atoms with Gasteiger partial charge in [0.05, 0.1) is 24.2 Å². The van der Waals surface area contributed by atoms with E-state index in [-0.39, 0.29) is 24.6 Å². The summed E-state index contributed by atoms with van der Waals surface area (Å²) < 4.78 is 38.8. The molecule has 1 N–H and O–H groups in total. The SMILES string of the molecule is COc1cccc(N(CC(=O)NCCOc2ccccc2C)S(=O)(=O)c2ccc(C)cc2)c1. The number of nitrogens with zero attached hydrogens (tertiary/aromatic N) is 1. The van der Waals surface area contributed by atoms with E-state index in [0.29, 0.717) is 11.4 Å². The monoisotopic (exact) mass is 468 g/mol. The maximum Gasteiger partial charge on any atom is 0.264 e. The summed E-state index contributed by atoms with van der Waals surface area (Å²) in [5.74, 6) is 0.789. The molecule has 0 heterocycles. The molecule has 0 aromatic heterocycles. The van der Waals surface area contributed by atoms with Crippen LogP contribution in [0.25, 0.3) is 0 Å². The van der Waals surface area contributed by atoms with Crippen LogP contribution in [-0.4, -0.2) is 41.1 Å². The average molecular weight is 469 g/mol. The Labute approximate surface area is 195 Å². The van der Waals surface area contributed by atoms with E-state index >= 15 is 0 Å². The molecule has 0 fully saturated rings. The zero-order chi connectivity index (χ0) is 23.8. The number of hydrogen-bond donors (Lipinski definition) is 1. The topological polar surface area (TPSA) is 84.9 Å². The predicted octanol–water partition coefficient (Wildman–Crippen LogP) is 3.70. The van der Waals surface area contributed by atoms with Crippen LogP contribution in [0.3, 0.4) is 0 Å². The van der Waals surface area contributed by atoms with Crippen molar-refractivity contribution < 1.29 is 22.7 Å². The number of nitrogens with one attached hydrogen (secondary N) is 1. The Morgan fingerprint density at radius 2 is 1.70 bits per heavy atom. The molecule has 0 aliphatic heterocycles. The summed E-state index contributed by atoms with van der Waals surface area (Å²) in [6.07, 6.45) is 0. The quantitative estimate of drug-likeness (QED) is 0.459. The number of carbonyl (C=O) groups excluding carboxylic acids is 1. The van der Waals surface area contributed by atoms with Crippen molar-refractivity contribution in [2.24, 2.45) is 0 Å². The summed E-state index contributed by atoms with van der Waals surface area (Å²) >= 11 is 0. The molecule has 3 rings (SSSR count). The van der Waals surface area contributed by atoms with E-state index in [2.05, 4.69) is 5.32 Å². The molecular formula is C25H28N2O5S. The molecule has 7 nitrogen and oxygen atoms in total. The molecule has 0 saturated heterocycles. The summed E-state index contributed by atoms with van der Waals surface area (Å²) in [4.78, 5) is 12.8. The van der Waals surface area contributed by atoms with Gasteiger partial charge < -0.3 is 14.8 Å². The molecule has 33 heavy (non-hydrogen) atoms. The van der Waals surface area contributed by atoms with Crippen molar-refractivity contribution in [1.29, 1.82) is 0 Å². The van der Waals surface area contributed by atoms with Crippen molar-refractivity contribution in [3.05, 3.63) is 83.9 Å². The minimum absolute atomic E-state index is 0.103. The Bertz CT molecular complexity index is 1190. The standard InChI is InChI=1S/C25H28N2O5S/c1-19-11-13-23(14-12-19)33(29,30)27(21-8-6-9-22(17-21)31-3)18-25(28)26-15-16-32-24-10-5-4-7-20(24)2/h4-14,17H,15-16,18H2,1-3H3,(H,26,28). The number of hydrogen-bond acceptors (Lipinski definition) is 5. The average Bonchev–Trinajstić information content (AvgIpc) is 2.81. The van der Waals surface area contributed by atoms with E-state index in [9.17, 15) is 13.2 Å². The molecule has 0 radical (unpaired) electrons. The third-order valence-corrected chi connectivity index (χ3v) is 6.80. The van der Waals surface area contributed by atoms with Crippen molar-refractivity contribution in [3.63, 3.8) is 0 Å². The van der Waals surface area contributed by atoms with Crippen LogP contribution >= 0.6 is 0 Å². The third-order valence-electron chi connectivity index (χ3n) is 5.01. The number of anilines is 1. The Balaban J connectivity index is 1.74. The molecule has 0 saturated carbocycles. The largest absolute Gasteiger partial charge is 0.497 e. The number of amides is 1. The van der Waals surface area contributed by atoms with Gasteiger partial charge in [-0.15, -0.1) is 0 Å². The molecule has 0 spiro atoms. The van der Waals surface area contributed by atoms with Crippen LogP contribution < -0.4 is 19.1 Å². The molecule has 174 valence electrons. The number of benzene rings is 3. The fraction of sp³-hybridized carbons (Fsp3) is 0.240. The van der Waals surface area contributed by atoms with Gasteiger partial charge in [-0.2, -0.15) is 0 Å². The number of para-hydroxylation sites is 1. The summed E-state index contributed by atoms with van der Waals surface area (Å²) in [5.41, 5.74) is 2.27. The smallest absolute Gasteiger partial charge is 0.264 e. The number of methoxy groups -OCH3 is 1. The van der Waals surface area contributed by atoms with E-state index in [1.54, 1.807) is 36.4 Å². The normalized spacial score (nSPS) is 11.0. The highest BCUT2D eigenvalue weighted by Crippen LogP contribution is 2.27. The molecule has 0 unspecified atom stereocenters. The molecule has 3 aromatic carbocycles. The lowest BCUT2D eigenvalue weighted by Gasteiger charge is -2.24. The van der Waals surface area contributed by atoms with E-state index in [0.717, 1.165) is 21.2 Å². The molecule has 1 amide bonds. The van der Waals surface area contributed by atoms with Gasteiger partial charge in [0.15, 0.2) is 0 Å². The van der Waals surface area contributed by atoms with Gasteiger partial charge in [-0.1, -0.05) is 42.0 Å². The Morgan fingerprint density at radius 3 is 2.39 bits per heavy atom. The summed E-state index contributed by atoms with van der Waals surface area (Å²) in [6.45, 7) is 3.94. The minimum atomic E-state index is -3.98. The lowest BCUT2D eigenvalue weighted by atomic mass is 10.2. The second-order valence-corrected chi connectivity index (χ2v) is 9.35. The van der Waals surface area contributed by atoms with E-state index < -0.39 is 15.9 Å². The van der Waals surface area contributed by atoms with Crippen molar-refractivity contribution >= 4 is 21.6 Å². The molecule has 8 heteroatoms. The molecule has 0 aliphatic carbocycles. The lowest BCUT2D eigenvalue weighted by molar-refractivity contribution is -0.119. The first-order valence-corrected chi connectivity index (χ1v) is 11.9. The van der Waals surface area contributed by atoms with Gasteiger partial charge in [-0.25, -0.2) is 8.42 Å². The molecule has 0 bridgehead atoms. The van der Waals surface area contributed by atoms with Crippen LogP contribution in [0.5, 0.6) is 11.5 Å². The van der Waals surface area contributed by atoms with Gasteiger partial charge in [0, 0.05) is 6.07 Å². The first-order valence-electron chi connectivity index (χ1n) is 10.5. The zero-order valence-corrected chi connectivity index (χ0v) is 19.8. The van der Waals surface area contributed by atoms with Gasteiger partial charge in [-0.3, -0.25) is 9.10 Å². The van der Waals surface area contributed by atoms with Crippen molar-refractivity contribution in [2.75, 3.05) is 31.1 Å². The van der Waals surface area contributed by atoms with E-state index in [4.69, 9.17) is 9.47 Å². The number of aryl methyl sites for hydroxylation is 2.